The fraction of sp³-hybridized carbons (Fsp3) is 0.769. The number of hydrogen-bond donors (Lipinski definition) is 1. The zero-order valence-electron chi connectivity index (χ0n) is 12.0. The van der Waals surface area contributed by atoms with Crippen molar-refractivity contribution in [2.24, 2.45) is 13.0 Å². The van der Waals surface area contributed by atoms with Crippen LogP contribution in [0.4, 0.5) is 11.5 Å². The minimum absolute atomic E-state index is 0.0425. The van der Waals surface area contributed by atoms with Crippen molar-refractivity contribution in [3.8, 4) is 0 Å². The smallest absolute Gasteiger partial charge is 0.334 e. The molecule has 0 amide bonds. The van der Waals surface area contributed by atoms with Crippen molar-refractivity contribution < 1.29 is 4.92 Å². The molecule has 1 fully saturated rings. The molecule has 1 aliphatic carbocycles. The van der Waals surface area contributed by atoms with Gasteiger partial charge in [-0.3, -0.25) is 10.1 Å². The van der Waals surface area contributed by atoms with Gasteiger partial charge in [-0.2, -0.15) is 5.10 Å². The summed E-state index contributed by atoms with van der Waals surface area (Å²) in [5, 5.41) is 18.8. The molecular weight excluding hydrogens is 244 g/mol. The van der Waals surface area contributed by atoms with E-state index < -0.39 is 0 Å². The Morgan fingerprint density at radius 3 is 2.58 bits per heavy atom. The average molecular weight is 266 g/mol. The van der Waals surface area contributed by atoms with Crippen molar-refractivity contribution in [2.45, 2.75) is 52.0 Å². The fourth-order valence-corrected chi connectivity index (χ4v) is 2.41. The summed E-state index contributed by atoms with van der Waals surface area (Å²) in [6.07, 6.45) is 3.65. The molecule has 0 aromatic carbocycles. The van der Waals surface area contributed by atoms with E-state index in [1.165, 1.54) is 12.8 Å². The Morgan fingerprint density at radius 1 is 1.47 bits per heavy atom. The summed E-state index contributed by atoms with van der Waals surface area (Å²) in [7, 11) is 1.76. The number of nitro groups is 1. The van der Waals surface area contributed by atoms with Crippen molar-refractivity contribution in [1.29, 1.82) is 0 Å². The Hall–Kier alpha value is -1.59. The predicted octanol–water partition coefficient (Wildman–Crippen LogP) is 3.05. The van der Waals surface area contributed by atoms with Crippen molar-refractivity contribution in [1.82, 2.24) is 9.78 Å². The highest BCUT2D eigenvalue weighted by Crippen LogP contribution is 2.36. The van der Waals surface area contributed by atoms with Gasteiger partial charge in [-0.25, -0.2) is 4.68 Å². The monoisotopic (exact) mass is 266 g/mol. The molecule has 0 bridgehead atoms. The predicted molar refractivity (Wildman–Crippen MR) is 74.4 cm³/mol. The van der Waals surface area contributed by atoms with Gasteiger partial charge in [0, 0.05) is 19.0 Å². The van der Waals surface area contributed by atoms with Gasteiger partial charge in [-0.05, 0) is 19.3 Å². The van der Waals surface area contributed by atoms with E-state index in [4.69, 9.17) is 0 Å². The minimum Gasteiger partial charge on any atom is -0.362 e. The second-order valence-electron chi connectivity index (χ2n) is 5.84. The molecule has 6 heteroatoms. The summed E-state index contributed by atoms with van der Waals surface area (Å²) in [6, 6.07) is 0.238. The van der Waals surface area contributed by atoms with Gasteiger partial charge in [0.05, 0.1) is 4.92 Å². The van der Waals surface area contributed by atoms with Gasteiger partial charge in [0.1, 0.15) is 5.69 Å². The molecule has 0 saturated heterocycles. The van der Waals surface area contributed by atoms with Gasteiger partial charge in [0.25, 0.3) is 0 Å². The average Bonchev–Trinajstić information content (AvgIpc) is 3.03. The maximum atomic E-state index is 11.3. The van der Waals surface area contributed by atoms with Crippen LogP contribution in [0.25, 0.3) is 0 Å². The van der Waals surface area contributed by atoms with E-state index in [9.17, 15) is 10.1 Å². The summed E-state index contributed by atoms with van der Waals surface area (Å²) in [4.78, 5) is 11.0. The first-order valence-electron chi connectivity index (χ1n) is 6.88. The zero-order valence-corrected chi connectivity index (χ0v) is 12.0. The van der Waals surface area contributed by atoms with Crippen LogP contribution in [-0.2, 0) is 7.05 Å². The molecule has 1 saturated carbocycles. The molecule has 6 nitrogen and oxygen atoms in total. The van der Waals surface area contributed by atoms with Crippen molar-refractivity contribution in [3.63, 3.8) is 0 Å². The second kappa shape index (κ2) is 5.19. The number of hydrogen-bond acceptors (Lipinski definition) is 4. The molecule has 19 heavy (non-hydrogen) atoms. The summed E-state index contributed by atoms with van der Waals surface area (Å²) >= 11 is 0. The number of nitrogens with zero attached hydrogens (tertiary/aromatic N) is 3. The molecule has 1 aromatic heterocycles. The van der Waals surface area contributed by atoms with Crippen molar-refractivity contribution in [2.75, 3.05) is 5.32 Å². The molecule has 0 aliphatic heterocycles. The Balaban J connectivity index is 2.24. The molecule has 0 spiro atoms. The van der Waals surface area contributed by atoms with Gasteiger partial charge in [-0.15, -0.1) is 0 Å². The summed E-state index contributed by atoms with van der Waals surface area (Å²) in [6.45, 7) is 5.92. The van der Waals surface area contributed by atoms with E-state index in [0.29, 0.717) is 11.5 Å². The molecule has 1 heterocycles. The lowest BCUT2D eigenvalue weighted by Gasteiger charge is -2.14. The van der Waals surface area contributed by atoms with Crippen LogP contribution in [0.5, 0.6) is 0 Å². The molecule has 1 N–H and O–H groups in total. The first kappa shape index (κ1) is 13.8. The van der Waals surface area contributed by atoms with Crippen LogP contribution in [0.2, 0.25) is 0 Å². The molecule has 106 valence electrons. The van der Waals surface area contributed by atoms with Gasteiger partial charge in [-0.1, -0.05) is 26.7 Å². The maximum Gasteiger partial charge on any atom is 0.334 e. The number of aromatic nitrogens is 2. The number of nitrogens with one attached hydrogen (secondary N) is 1. The van der Waals surface area contributed by atoms with Crippen molar-refractivity contribution >= 4 is 11.5 Å². The third-order valence-electron chi connectivity index (χ3n) is 3.54. The highest BCUT2D eigenvalue weighted by Gasteiger charge is 2.30. The lowest BCUT2D eigenvalue weighted by molar-refractivity contribution is -0.384. The van der Waals surface area contributed by atoms with Gasteiger partial charge < -0.3 is 5.32 Å². The molecular formula is C13H22N4O2. The van der Waals surface area contributed by atoms with E-state index in [1.807, 2.05) is 13.8 Å². The highest BCUT2D eigenvalue weighted by molar-refractivity contribution is 5.61. The Labute approximate surface area is 113 Å². The van der Waals surface area contributed by atoms with Gasteiger partial charge in [0.2, 0.25) is 5.82 Å². The topological polar surface area (TPSA) is 73.0 Å². The Morgan fingerprint density at radius 2 is 2.11 bits per heavy atom. The minimum atomic E-state index is -0.325. The van der Waals surface area contributed by atoms with Gasteiger partial charge >= 0.3 is 5.69 Å². The van der Waals surface area contributed by atoms with Crippen LogP contribution in [-0.4, -0.2) is 20.7 Å². The number of anilines is 1. The van der Waals surface area contributed by atoms with E-state index in [0.717, 1.165) is 12.3 Å². The maximum absolute atomic E-state index is 11.3. The third-order valence-corrected chi connectivity index (χ3v) is 3.54. The van der Waals surface area contributed by atoms with Crippen LogP contribution in [0.1, 0.15) is 51.6 Å². The van der Waals surface area contributed by atoms with Gasteiger partial charge in [0.15, 0.2) is 0 Å². The van der Waals surface area contributed by atoms with Crippen LogP contribution < -0.4 is 5.32 Å². The summed E-state index contributed by atoms with van der Waals surface area (Å²) in [5.41, 5.74) is 0.675. The summed E-state index contributed by atoms with van der Waals surface area (Å²) in [5.74, 6) is 1.36. The molecule has 1 aromatic rings. The molecule has 1 atom stereocenters. The number of rotatable bonds is 6. The van der Waals surface area contributed by atoms with E-state index >= 15 is 0 Å². The summed E-state index contributed by atoms with van der Waals surface area (Å²) < 4.78 is 1.59. The molecule has 1 aliphatic rings. The normalized spacial score (nSPS) is 16.7. The zero-order chi connectivity index (χ0) is 14.2. The largest absolute Gasteiger partial charge is 0.362 e. The van der Waals surface area contributed by atoms with Crippen molar-refractivity contribution in [3.05, 3.63) is 15.8 Å². The SMILES string of the molecule is CC(CC1CC1)Nc1c([N+](=O)[O-])c(C(C)C)nn1C. The van der Waals surface area contributed by atoms with E-state index in [2.05, 4.69) is 17.3 Å². The number of aryl methyl sites for hydroxylation is 1. The van der Waals surface area contributed by atoms with Crippen LogP contribution in [0.15, 0.2) is 0 Å². The quantitative estimate of drug-likeness (QED) is 0.634. The van der Waals surface area contributed by atoms with Crippen LogP contribution >= 0.6 is 0 Å². The highest BCUT2D eigenvalue weighted by atomic mass is 16.6. The molecule has 2 rings (SSSR count). The van der Waals surface area contributed by atoms with E-state index in [-0.39, 0.29) is 22.6 Å². The third kappa shape index (κ3) is 3.05. The van der Waals surface area contributed by atoms with E-state index in [1.54, 1.807) is 11.7 Å². The first-order chi connectivity index (χ1) is 8.90. The van der Waals surface area contributed by atoms with Crippen LogP contribution in [0.3, 0.4) is 0 Å². The fourth-order valence-electron chi connectivity index (χ4n) is 2.41. The molecule has 0 radical (unpaired) electrons. The lowest BCUT2D eigenvalue weighted by atomic mass is 10.1. The first-order valence-corrected chi connectivity index (χ1v) is 6.88. The second-order valence-corrected chi connectivity index (χ2v) is 5.84. The molecule has 1 unspecified atom stereocenters. The lowest BCUT2D eigenvalue weighted by Crippen LogP contribution is -2.18. The Kier molecular flexibility index (Phi) is 3.78. The standard InChI is InChI=1S/C13H22N4O2/c1-8(2)11-12(17(18)19)13(16(4)15-11)14-9(3)7-10-5-6-10/h8-10,14H,5-7H2,1-4H3. The van der Waals surface area contributed by atoms with Crippen LogP contribution in [0, 0.1) is 16.0 Å². The Bertz CT molecular complexity index is 477.